The van der Waals surface area contributed by atoms with Gasteiger partial charge in [-0.3, -0.25) is 0 Å². The van der Waals surface area contributed by atoms with Gasteiger partial charge >= 0.3 is 6.18 Å². The number of para-hydroxylation sites is 2. The summed E-state index contributed by atoms with van der Waals surface area (Å²) < 4.78 is 82.3. The highest BCUT2D eigenvalue weighted by molar-refractivity contribution is 6.22. The normalized spacial score (nSPS) is 11.3. The van der Waals surface area contributed by atoms with Crippen molar-refractivity contribution in [3.63, 3.8) is 0 Å². The van der Waals surface area contributed by atoms with Crippen LogP contribution in [0.3, 0.4) is 0 Å². The summed E-state index contributed by atoms with van der Waals surface area (Å²) in [6.07, 6.45) is -4.44. The predicted octanol–water partition coefficient (Wildman–Crippen LogP) is 22.6. The number of hydrogen-bond donors (Lipinski definition) is 0. The van der Waals surface area contributed by atoms with Crippen LogP contribution in [-0.2, 0) is 6.18 Å². The Morgan fingerprint density at radius 1 is 0.340 bits per heavy atom. The Bertz CT molecular complexity index is 6170. The van der Waals surface area contributed by atoms with Gasteiger partial charge in [0, 0.05) is 54.6 Å². The second-order valence-electron chi connectivity index (χ2n) is 23.7. The average molecular weight is 1310 g/mol. The molecule has 0 spiro atoms. The maximum atomic E-state index is 14.0. The maximum Gasteiger partial charge on any atom is 0.416 e. The molecule has 0 N–H and O–H groups in total. The van der Waals surface area contributed by atoms with E-state index in [2.05, 4.69) is 21.8 Å². The minimum atomic E-state index is -4.44. The van der Waals surface area contributed by atoms with Crippen LogP contribution in [0, 0.1) is 60.2 Å². The number of aryl methyl sites for hydroxylation is 1. The smallest absolute Gasteiger partial charge is 0.247 e. The molecule has 16 heteroatoms. The molecular formula is C84H44F6N10. The fraction of sp³-hybridized carbons (Fsp3) is 0.0238. The van der Waals surface area contributed by atoms with Crippen molar-refractivity contribution in [2.24, 2.45) is 0 Å². The maximum absolute atomic E-state index is 14.0. The Hall–Kier alpha value is -13.8. The van der Waals surface area contributed by atoms with Crippen molar-refractivity contribution >= 4 is 76.8 Å². The zero-order valence-electron chi connectivity index (χ0n) is 52.4. The van der Waals surface area contributed by atoms with E-state index in [1.807, 2.05) is 158 Å². The number of benzene rings is 12. The van der Waals surface area contributed by atoms with Gasteiger partial charge in [0.2, 0.25) is 0 Å². The summed E-state index contributed by atoms with van der Waals surface area (Å²) >= 11 is 0. The number of aromatic nitrogens is 6. The highest BCUT2D eigenvalue weighted by Crippen LogP contribution is 2.43. The van der Waals surface area contributed by atoms with E-state index in [4.69, 9.17) is 43.0 Å². The van der Waals surface area contributed by atoms with E-state index >= 15 is 0 Å². The second kappa shape index (κ2) is 25.4. The minimum absolute atomic E-state index is 0.218. The van der Waals surface area contributed by atoms with Crippen LogP contribution in [0.2, 0.25) is 0 Å². The van der Waals surface area contributed by atoms with Crippen LogP contribution >= 0.6 is 0 Å². The molecule has 0 bridgehead atoms. The standard InChI is InChI=1S/C43H24F3N5.C41H20F3N5/c1-25-21-31(23-32(22-25)43(44,45)46)27-11-13-28(14-12-27)39-35-19-20-37-42(38(35)34-5-3-4-6-36(34)49-39)51-41(29-9-7-26(24-47)8-10-29)40(50-37)30-15-17-33(48-2)18-16-30;1-46-29-16-14-27(15-17-29)39-40(26-8-6-23(22-45)7-9-26)49-41-35(48-39)19-18-31-36(41)30-4-2-3-5-34(30)47-38(31)25-12-10-24(11-13-25)28-20-32(42)37(44)33(43)21-28/h3-23H,1H3;2-21H. The molecule has 0 aliphatic rings. The number of rotatable bonds is 8. The highest BCUT2D eigenvalue weighted by atomic mass is 19.4. The molecule has 0 saturated carbocycles. The van der Waals surface area contributed by atoms with Crippen molar-refractivity contribution < 1.29 is 26.3 Å². The zero-order chi connectivity index (χ0) is 68.9. The molecule has 0 aliphatic carbocycles. The van der Waals surface area contributed by atoms with Gasteiger partial charge in [0.05, 0.1) is 109 Å². The van der Waals surface area contributed by atoms with E-state index in [1.165, 1.54) is 6.07 Å². The van der Waals surface area contributed by atoms with Crippen molar-refractivity contribution in [1.29, 1.82) is 10.5 Å². The Labute approximate surface area is 567 Å². The van der Waals surface area contributed by atoms with Crippen LogP contribution in [-0.4, -0.2) is 29.9 Å². The van der Waals surface area contributed by atoms with Gasteiger partial charge in [-0.2, -0.15) is 23.7 Å². The summed E-state index contributed by atoms with van der Waals surface area (Å²) in [4.78, 5) is 38.0. The first kappa shape index (κ1) is 62.3. The van der Waals surface area contributed by atoms with Gasteiger partial charge in [-0.1, -0.05) is 164 Å². The molecule has 0 unspecified atom stereocenters. The topological polar surface area (TPSA) is 134 Å². The third-order valence-corrected chi connectivity index (χ3v) is 17.5. The minimum Gasteiger partial charge on any atom is -0.247 e. The highest BCUT2D eigenvalue weighted by Gasteiger charge is 2.31. The number of pyridine rings is 2. The monoisotopic (exact) mass is 1310 g/mol. The molecule has 0 fully saturated rings. The van der Waals surface area contributed by atoms with Crippen LogP contribution in [0.25, 0.3) is 165 Å². The average Bonchev–Trinajstić information content (AvgIpc) is 0.736. The number of hydrogen-bond acceptors (Lipinski definition) is 8. The van der Waals surface area contributed by atoms with Gasteiger partial charge < -0.3 is 0 Å². The quantitative estimate of drug-likeness (QED) is 0.0635. The van der Waals surface area contributed by atoms with Crippen LogP contribution in [0.5, 0.6) is 0 Å². The first-order valence-electron chi connectivity index (χ1n) is 31.2. The van der Waals surface area contributed by atoms with Gasteiger partial charge in [0.25, 0.3) is 0 Å². The lowest BCUT2D eigenvalue weighted by molar-refractivity contribution is -0.137. The van der Waals surface area contributed by atoms with Crippen LogP contribution in [0.1, 0.15) is 22.3 Å². The Morgan fingerprint density at radius 2 is 0.680 bits per heavy atom. The lowest BCUT2D eigenvalue weighted by atomic mass is 9.95. The molecule has 16 rings (SSSR count). The number of halogens is 6. The Kier molecular flexibility index (Phi) is 15.8. The first-order chi connectivity index (χ1) is 48.6. The lowest BCUT2D eigenvalue weighted by Gasteiger charge is -2.15. The summed E-state index contributed by atoms with van der Waals surface area (Å²) in [6.45, 7) is 16.4. The van der Waals surface area contributed by atoms with E-state index in [0.29, 0.717) is 101 Å². The number of fused-ring (bicyclic) bond motifs is 10. The lowest BCUT2D eigenvalue weighted by Crippen LogP contribution is -2.05. The SMILES string of the molecule is [C-]#[N+]c1ccc(-c2nc3ccc4c(-c5ccc(-c6cc(C)cc(C(F)(F)F)c6)cc5)nc5ccccc5c4c3nc2-c2ccc(C#N)cc2)cc1.[C-]#[N+]c1ccc(-c2nc3ccc4c(-c5ccc(-c6cc(F)c(F)c(F)c6)cc5)nc5ccccc5c4c3nc2-c2ccc(C#N)cc2)cc1. The largest absolute Gasteiger partial charge is 0.416 e. The molecule has 0 saturated heterocycles. The summed E-state index contributed by atoms with van der Waals surface area (Å²) in [5.74, 6) is -4.01. The van der Waals surface area contributed by atoms with Crippen molar-refractivity contribution in [2.45, 2.75) is 13.1 Å². The molecule has 4 heterocycles. The van der Waals surface area contributed by atoms with E-state index in [-0.39, 0.29) is 5.56 Å². The van der Waals surface area contributed by atoms with E-state index < -0.39 is 29.2 Å². The third-order valence-electron chi connectivity index (χ3n) is 17.5. The van der Waals surface area contributed by atoms with Crippen LogP contribution < -0.4 is 0 Å². The van der Waals surface area contributed by atoms with Crippen molar-refractivity contribution in [1.82, 2.24) is 29.9 Å². The van der Waals surface area contributed by atoms with Crippen LogP contribution in [0.4, 0.5) is 37.7 Å². The first-order valence-corrected chi connectivity index (χ1v) is 31.2. The van der Waals surface area contributed by atoms with Crippen molar-refractivity contribution in [3.05, 3.63) is 311 Å². The fourth-order valence-corrected chi connectivity index (χ4v) is 12.6. The molecule has 0 aliphatic heterocycles. The van der Waals surface area contributed by atoms with Crippen molar-refractivity contribution in [3.8, 4) is 102 Å². The summed E-state index contributed by atoms with van der Waals surface area (Å²) in [5, 5.41) is 24.0. The molecule has 10 nitrogen and oxygen atoms in total. The molecular weight excluding hydrogens is 1260 g/mol. The molecule has 0 atom stereocenters. The fourth-order valence-electron chi connectivity index (χ4n) is 12.6. The predicted molar refractivity (Wildman–Crippen MR) is 380 cm³/mol. The number of nitrogens with zero attached hydrogens (tertiary/aromatic N) is 10. The van der Waals surface area contributed by atoms with Gasteiger partial charge in [-0.25, -0.2) is 52.8 Å². The summed E-state index contributed by atoms with van der Waals surface area (Å²) in [7, 11) is 0. The number of nitriles is 2. The summed E-state index contributed by atoms with van der Waals surface area (Å²) in [5.41, 5.74) is 16.6. The third kappa shape index (κ3) is 11.6. The molecule has 12 aromatic carbocycles. The van der Waals surface area contributed by atoms with E-state index in [1.54, 1.807) is 73.7 Å². The number of alkyl halides is 3. The molecule has 472 valence electrons. The van der Waals surface area contributed by atoms with E-state index in [9.17, 15) is 36.9 Å². The van der Waals surface area contributed by atoms with Crippen LogP contribution in [0.15, 0.2) is 249 Å². The van der Waals surface area contributed by atoms with E-state index in [0.717, 1.165) is 94.9 Å². The summed E-state index contributed by atoms with van der Waals surface area (Å²) in [6, 6.07) is 77.0. The molecule has 4 aromatic heterocycles. The Balaban J connectivity index is 0.000000163. The van der Waals surface area contributed by atoms with Gasteiger partial charge in [0.15, 0.2) is 28.8 Å². The molecule has 0 amide bonds. The van der Waals surface area contributed by atoms with Gasteiger partial charge in [-0.15, -0.1) is 0 Å². The zero-order valence-corrected chi connectivity index (χ0v) is 52.4. The molecule has 0 radical (unpaired) electrons. The second-order valence-corrected chi connectivity index (χ2v) is 23.7. The Morgan fingerprint density at radius 3 is 1.07 bits per heavy atom. The van der Waals surface area contributed by atoms with Crippen molar-refractivity contribution in [2.75, 3.05) is 0 Å². The van der Waals surface area contributed by atoms with Gasteiger partial charge in [-0.05, 0) is 131 Å². The molecule has 100 heavy (non-hydrogen) atoms. The molecule has 16 aromatic rings. The van der Waals surface area contributed by atoms with Gasteiger partial charge in [0.1, 0.15) is 0 Å².